The lowest BCUT2D eigenvalue weighted by Crippen LogP contribution is -2.27. The molecule has 0 fully saturated rings. The summed E-state index contributed by atoms with van der Waals surface area (Å²) in [7, 11) is 0. The van der Waals surface area contributed by atoms with Gasteiger partial charge in [-0.15, -0.1) is 19.7 Å². The Morgan fingerprint density at radius 1 is 0.667 bits per heavy atom. The fourth-order valence-electron chi connectivity index (χ4n) is 3.93. The van der Waals surface area contributed by atoms with Crippen molar-refractivity contribution in [3.05, 3.63) is 126 Å². The zero-order valence-electron chi connectivity index (χ0n) is 16.9. The Kier molecular flexibility index (Phi) is 6.12. The molecule has 0 aliphatic heterocycles. The lowest BCUT2D eigenvalue weighted by Gasteiger charge is -2.34. The lowest BCUT2D eigenvalue weighted by molar-refractivity contribution is 0.460. The molecule has 0 heterocycles. The van der Waals surface area contributed by atoms with Crippen LogP contribution in [0.1, 0.15) is 27.8 Å². The molecule has 0 radical (unpaired) electrons. The molecule has 0 aromatic heterocycles. The molecule has 0 aliphatic rings. The van der Waals surface area contributed by atoms with Crippen molar-refractivity contribution in [3.63, 3.8) is 0 Å². The van der Waals surface area contributed by atoms with Gasteiger partial charge in [0.1, 0.15) is 17.2 Å². The molecule has 0 amide bonds. The maximum absolute atomic E-state index is 10.8. The first-order valence-corrected chi connectivity index (χ1v) is 9.76. The second-order valence-electron chi connectivity index (χ2n) is 7.20. The van der Waals surface area contributed by atoms with Crippen molar-refractivity contribution in [1.29, 1.82) is 0 Å². The van der Waals surface area contributed by atoms with Gasteiger partial charge in [-0.2, -0.15) is 0 Å². The standard InChI is InChI=1S/C27H26O3/c1-4-9-19-17-21(13-15-24(19)28)27(6-3,23-11-7-8-12-26(23)30)22-14-16-25(29)20(18-22)10-5-2/h4-8,11-18,28-30H,1-3,9-10H2. The summed E-state index contributed by atoms with van der Waals surface area (Å²) >= 11 is 0. The number of hydrogen-bond acceptors (Lipinski definition) is 3. The summed E-state index contributed by atoms with van der Waals surface area (Å²) in [6, 6.07) is 17.9. The molecule has 0 saturated carbocycles. The molecule has 0 bridgehead atoms. The van der Waals surface area contributed by atoms with E-state index in [4.69, 9.17) is 0 Å². The van der Waals surface area contributed by atoms with E-state index in [9.17, 15) is 15.3 Å². The van der Waals surface area contributed by atoms with Gasteiger partial charge < -0.3 is 15.3 Å². The second-order valence-corrected chi connectivity index (χ2v) is 7.20. The maximum Gasteiger partial charge on any atom is 0.120 e. The first-order valence-electron chi connectivity index (χ1n) is 9.76. The number of hydrogen-bond donors (Lipinski definition) is 3. The van der Waals surface area contributed by atoms with Gasteiger partial charge >= 0.3 is 0 Å². The largest absolute Gasteiger partial charge is 0.508 e. The van der Waals surface area contributed by atoms with Crippen LogP contribution in [0.5, 0.6) is 17.2 Å². The van der Waals surface area contributed by atoms with Crippen LogP contribution in [-0.2, 0) is 18.3 Å². The molecule has 3 rings (SSSR count). The summed E-state index contributed by atoms with van der Waals surface area (Å²) in [5.41, 5.74) is 2.89. The van der Waals surface area contributed by atoms with Crippen LogP contribution in [0.2, 0.25) is 0 Å². The number of phenolic OH excluding ortho intramolecular Hbond substituents is 3. The molecule has 0 atom stereocenters. The molecule has 30 heavy (non-hydrogen) atoms. The summed E-state index contributed by atoms with van der Waals surface area (Å²) in [5.74, 6) is 0.507. The van der Waals surface area contributed by atoms with Crippen LogP contribution in [0, 0.1) is 0 Å². The van der Waals surface area contributed by atoms with Crippen molar-refractivity contribution in [3.8, 4) is 17.2 Å². The van der Waals surface area contributed by atoms with Gasteiger partial charge in [-0.25, -0.2) is 0 Å². The van der Waals surface area contributed by atoms with Gasteiger partial charge in [0, 0.05) is 5.56 Å². The van der Waals surface area contributed by atoms with Gasteiger partial charge in [0.05, 0.1) is 5.41 Å². The Labute approximate surface area is 177 Å². The van der Waals surface area contributed by atoms with E-state index in [2.05, 4.69) is 19.7 Å². The van der Waals surface area contributed by atoms with E-state index >= 15 is 0 Å². The first kappa shape index (κ1) is 21.0. The Bertz CT molecular complexity index is 1040. The van der Waals surface area contributed by atoms with Crippen molar-refractivity contribution in [2.45, 2.75) is 18.3 Å². The molecule has 3 nitrogen and oxygen atoms in total. The van der Waals surface area contributed by atoms with Crippen LogP contribution in [0.4, 0.5) is 0 Å². The summed E-state index contributed by atoms with van der Waals surface area (Å²) < 4.78 is 0. The van der Waals surface area contributed by atoms with Gasteiger partial charge in [0.15, 0.2) is 0 Å². The minimum atomic E-state index is -0.904. The highest BCUT2D eigenvalue weighted by Gasteiger charge is 2.36. The van der Waals surface area contributed by atoms with Crippen LogP contribution in [0.25, 0.3) is 0 Å². The van der Waals surface area contributed by atoms with Gasteiger partial charge in [-0.05, 0) is 53.3 Å². The number of phenols is 3. The van der Waals surface area contributed by atoms with Gasteiger partial charge in [0.25, 0.3) is 0 Å². The Balaban J connectivity index is 2.38. The number of para-hydroxylation sites is 1. The molecule has 3 N–H and O–H groups in total. The minimum absolute atomic E-state index is 0.133. The smallest absolute Gasteiger partial charge is 0.120 e. The van der Waals surface area contributed by atoms with Crippen molar-refractivity contribution in [2.75, 3.05) is 0 Å². The van der Waals surface area contributed by atoms with Crippen LogP contribution in [0.3, 0.4) is 0 Å². The predicted octanol–water partition coefficient (Wildman–Crippen LogP) is 5.78. The Hall–Kier alpha value is -3.72. The molecule has 3 aromatic rings. The van der Waals surface area contributed by atoms with E-state index in [1.807, 2.05) is 36.4 Å². The van der Waals surface area contributed by atoms with E-state index in [1.54, 1.807) is 42.5 Å². The van der Waals surface area contributed by atoms with Crippen molar-refractivity contribution in [2.24, 2.45) is 0 Å². The Morgan fingerprint density at radius 3 is 1.60 bits per heavy atom. The number of aromatic hydroxyl groups is 3. The van der Waals surface area contributed by atoms with Crippen LogP contribution >= 0.6 is 0 Å². The SMILES string of the molecule is C=CCc1cc(C(C=C)(c2ccc(O)c(CC=C)c2)c2ccccc2O)ccc1O. The molecule has 152 valence electrons. The average Bonchev–Trinajstić information content (AvgIpc) is 2.74. The zero-order valence-corrected chi connectivity index (χ0v) is 16.9. The van der Waals surface area contributed by atoms with Gasteiger partial charge in [0.2, 0.25) is 0 Å². The van der Waals surface area contributed by atoms with E-state index in [1.165, 1.54) is 0 Å². The highest BCUT2D eigenvalue weighted by molar-refractivity contribution is 5.61. The Morgan fingerprint density at radius 2 is 1.17 bits per heavy atom. The summed E-state index contributed by atoms with van der Waals surface area (Å²) in [6.45, 7) is 11.7. The van der Waals surface area contributed by atoms with Crippen LogP contribution in [0.15, 0.2) is 98.6 Å². The third-order valence-corrected chi connectivity index (χ3v) is 5.43. The van der Waals surface area contributed by atoms with Crippen LogP contribution in [-0.4, -0.2) is 15.3 Å². The monoisotopic (exact) mass is 398 g/mol. The molecule has 0 aliphatic carbocycles. The third kappa shape index (κ3) is 3.62. The lowest BCUT2D eigenvalue weighted by atomic mass is 9.68. The highest BCUT2D eigenvalue weighted by Crippen LogP contribution is 2.45. The van der Waals surface area contributed by atoms with Crippen LogP contribution < -0.4 is 0 Å². The zero-order chi connectivity index (χ0) is 21.7. The number of allylic oxidation sites excluding steroid dienone is 3. The first-order chi connectivity index (χ1) is 14.5. The molecular formula is C27H26O3. The average molecular weight is 399 g/mol. The van der Waals surface area contributed by atoms with Crippen molar-refractivity contribution < 1.29 is 15.3 Å². The molecule has 3 heteroatoms. The molecule has 0 unspecified atom stereocenters. The van der Waals surface area contributed by atoms with Gasteiger partial charge in [-0.3, -0.25) is 0 Å². The summed E-state index contributed by atoms with van der Waals surface area (Å²) in [4.78, 5) is 0. The molecular weight excluding hydrogens is 372 g/mol. The van der Waals surface area contributed by atoms with Crippen molar-refractivity contribution >= 4 is 0 Å². The topological polar surface area (TPSA) is 60.7 Å². The predicted molar refractivity (Wildman–Crippen MR) is 122 cm³/mol. The normalized spacial score (nSPS) is 11.1. The summed E-state index contributed by atoms with van der Waals surface area (Å²) in [5, 5.41) is 31.3. The number of rotatable bonds is 8. The number of benzene rings is 3. The quantitative estimate of drug-likeness (QED) is 0.333. The second kappa shape index (κ2) is 8.75. The van der Waals surface area contributed by atoms with E-state index < -0.39 is 5.41 Å². The van der Waals surface area contributed by atoms with E-state index in [0.29, 0.717) is 18.4 Å². The molecule has 0 spiro atoms. The highest BCUT2D eigenvalue weighted by atomic mass is 16.3. The van der Waals surface area contributed by atoms with E-state index in [-0.39, 0.29) is 17.2 Å². The van der Waals surface area contributed by atoms with E-state index in [0.717, 1.165) is 22.3 Å². The maximum atomic E-state index is 10.8. The summed E-state index contributed by atoms with van der Waals surface area (Å²) in [6.07, 6.45) is 6.26. The fraction of sp³-hybridized carbons (Fsp3) is 0.111. The molecule has 3 aromatic carbocycles. The third-order valence-electron chi connectivity index (χ3n) is 5.43. The molecule has 0 saturated heterocycles. The van der Waals surface area contributed by atoms with Crippen molar-refractivity contribution in [1.82, 2.24) is 0 Å². The minimum Gasteiger partial charge on any atom is -0.508 e. The fourth-order valence-corrected chi connectivity index (χ4v) is 3.93. The van der Waals surface area contributed by atoms with Gasteiger partial charge in [-0.1, -0.05) is 60.7 Å².